The molecular weight excluding hydrogens is 352 g/mol. The summed E-state index contributed by atoms with van der Waals surface area (Å²) in [6.07, 6.45) is 4.06. The molecule has 2 heterocycles. The van der Waals surface area contributed by atoms with Crippen LogP contribution in [0.5, 0.6) is 0 Å². The lowest BCUT2D eigenvalue weighted by atomic mass is 9.49. The Bertz CT molecular complexity index is 991. The molecule has 0 amide bonds. The van der Waals surface area contributed by atoms with E-state index in [9.17, 15) is 10.1 Å². The van der Waals surface area contributed by atoms with Gasteiger partial charge in [0.25, 0.3) is 0 Å². The smallest absolute Gasteiger partial charge is 0.199 e. The Morgan fingerprint density at radius 1 is 1.29 bits per heavy atom. The maximum atomic E-state index is 12.9. The monoisotopic (exact) mass is 380 g/mol. The van der Waals surface area contributed by atoms with Crippen molar-refractivity contribution in [3.63, 3.8) is 0 Å². The number of rotatable bonds is 2. The highest BCUT2D eigenvalue weighted by Crippen LogP contribution is 2.57. The Labute approximate surface area is 165 Å². The Balaban J connectivity index is 1.86. The zero-order valence-electron chi connectivity index (χ0n) is 17.5. The van der Waals surface area contributed by atoms with Crippen molar-refractivity contribution in [2.75, 3.05) is 0 Å². The van der Waals surface area contributed by atoms with Gasteiger partial charge in [-0.15, -0.1) is 5.10 Å². The van der Waals surface area contributed by atoms with Crippen LogP contribution >= 0.6 is 0 Å². The van der Waals surface area contributed by atoms with Gasteiger partial charge in [-0.2, -0.15) is 10.4 Å². The fourth-order valence-corrected chi connectivity index (χ4v) is 5.59. The minimum Gasteiger partial charge on any atom is -0.298 e. The van der Waals surface area contributed by atoms with Crippen LogP contribution in [-0.2, 0) is 23.7 Å². The van der Waals surface area contributed by atoms with Crippen molar-refractivity contribution in [3.8, 4) is 17.6 Å². The van der Waals surface area contributed by atoms with Gasteiger partial charge in [-0.1, -0.05) is 20.8 Å². The summed E-state index contributed by atoms with van der Waals surface area (Å²) < 4.78 is 3.74. The first-order chi connectivity index (χ1) is 13.1. The molecule has 0 saturated heterocycles. The maximum Gasteiger partial charge on any atom is 0.199 e. The van der Waals surface area contributed by atoms with Crippen LogP contribution in [0.15, 0.2) is 6.33 Å². The van der Waals surface area contributed by atoms with Gasteiger partial charge in [0.15, 0.2) is 11.6 Å². The molecular formula is C21H28N6O. The van der Waals surface area contributed by atoms with Crippen molar-refractivity contribution in [2.45, 2.75) is 65.3 Å². The van der Waals surface area contributed by atoms with E-state index in [1.54, 1.807) is 6.33 Å². The van der Waals surface area contributed by atoms with E-state index in [2.05, 4.69) is 36.9 Å². The van der Waals surface area contributed by atoms with Gasteiger partial charge in [-0.3, -0.25) is 9.48 Å². The van der Waals surface area contributed by atoms with Crippen molar-refractivity contribution in [2.24, 2.45) is 24.3 Å². The largest absolute Gasteiger partial charge is 0.298 e. The molecule has 4 rings (SSSR count). The van der Waals surface area contributed by atoms with Crippen LogP contribution in [0.4, 0.5) is 0 Å². The third-order valence-electron chi connectivity index (χ3n) is 6.99. The number of nitrogens with zero attached hydrogens (tertiary/aromatic N) is 6. The summed E-state index contributed by atoms with van der Waals surface area (Å²) in [5.41, 5.74) is 2.31. The van der Waals surface area contributed by atoms with E-state index in [1.165, 1.54) is 5.56 Å². The normalized spacial score (nSPS) is 28.7. The van der Waals surface area contributed by atoms with E-state index in [4.69, 9.17) is 5.10 Å². The lowest BCUT2D eigenvalue weighted by Crippen LogP contribution is -2.55. The van der Waals surface area contributed by atoms with Gasteiger partial charge in [-0.25, -0.2) is 9.67 Å². The molecule has 2 aliphatic carbocycles. The van der Waals surface area contributed by atoms with E-state index in [1.807, 2.05) is 30.3 Å². The van der Waals surface area contributed by atoms with Gasteiger partial charge in [0, 0.05) is 29.5 Å². The second kappa shape index (κ2) is 6.00. The van der Waals surface area contributed by atoms with Crippen molar-refractivity contribution in [1.29, 1.82) is 5.26 Å². The van der Waals surface area contributed by atoms with Crippen molar-refractivity contribution >= 4 is 5.78 Å². The molecule has 0 N–H and O–H groups in total. The number of carbonyl (C=O) groups excluding carboxylic acids is 1. The van der Waals surface area contributed by atoms with E-state index in [0.717, 1.165) is 24.2 Å². The molecule has 3 atom stereocenters. The summed E-state index contributed by atoms with van der Waals surface area (Å²) in [6, 6.07) is 2.50. The first-order valence-electron chi connectivity index (χ1n) is 10.0. The van der Waals surface area contributed by atoms with Crippen LogP contribution in [-0.4, -0.2) is 30.3 Å². The molecule has 0 bridgehead atoms. The molecule has 1 saturated carbocycles. The molecule has 1 fully saturated rings. The predicted octanol–water partition coefficient (Wildman–Crippen LogP) is 3.22. The van der Waals surface area contributed by atoms with Gasteiger partial charge >= 0.3 is 0 Å². The lowest BCUT2D eigenvalue weighted by Gasteiger charge is -2.52. The number of hydrogen-bond acceptors (Lipinski definition) is 5. The fourth-order valence-electron chi connectivity index (χ4n) is 5.59. The maximum absolute atomic E-state index is 12.9. The predicted molar refractivity (Wildman–Crippen MR) is 104 cm³/mol. The number of Topliss-reactive ketones (excluding diaryl/α,β-unsaturated/α-hetero) is 1. The molecule has 28 heavy (non-hydrogen) atoms. The molecule has 0 aromatic carbocycles. The number of fused-ring (bicyclic) bond motifs is 3. The van der Waals surface area contributed by atoms with Crippen LogP contribution in [0.1, 0.15) is 64.8 Å². The molecule has 0 radical (unpaired) electrons. The third-order valence-corrected chi connectivity index (χ3v) is 6.99. The van der Waals surface area contributed by atoms with Crippen molar-refractivity contribution in [1.82, 2.24) is 24.5 Å². The van der Waals surface area contributed by atoms with Crippen LogP contribution in [0.25, 0.3) is 11.5 Å². The molecule has 0 aliphatic heterocycles. The zero-order chi connectivity index (χ0) is 20.4. The van der Waals surface area contributed by atoms with Crippen LogP contribution in [0, 0.1) is 28.6 Å². The van der Waals surface area contributed by atoms with Gasteiger partial charge in [0.05, 0.1) is 11.8 Å². The second-order valence-electron chi connectivity index (χ2n) is 9.42. The lowest BCUT2D eigenvalue weighted by molar-refractivity contribution is -0.140. The van der Waals surface area contributed by atoms with E-state index in [-0.39, 0.29) is 23.2 Å². The Morgan fingerprint density at radius 3 is 2.61 bits per heavy atom. The molecule has 148 valence electrons. The number of hydrogen-bond donors (Lipinski definition) is 0. The van der Waals surface area contributed by atoms with Gasteiger partial charge in [0.2, 0.25) is 0 Å². The summed E-state index contributed by atoms with van der Waals surface area (Å²) in [6.45, 7) is 10.3. The highest BCUT2D eigenvalue weighted by molar-refractivity contribution is 5.90. The first kappa shape index (κ1) is 18.9. The SMILES string of the molecule is CC(C)n1cnc(-c2c3c(nn2C)[C@@]2(C)CC(C#N)C(=O)C(C)(C)[C@@H]2CC3)n1. The van der Waals surface area contributed by atoms with Gasteiger partial charge in [0.1, 0.15) is 17.9 Å². The van der Waals surface area contributed by atoms with Crippen LogP contribution < -0.4 is 0 Å². The highest BCUT2D eigenvalue weighted by atomic mass is 16.1. The summed E-state index contributed by atoms with van der Waals surface area (Å²) in [5.74, 6) is 0.365. The molecule has 7 nitrogen and oxygen atoms in total. The van der Waals surface area contributed by atoms with Gasteiger partial charge < -0.3 is 0 Å². The Hall–Kier alpha value is -2.49. The zero-order valence-corrected chi connectivity index (χ0v) is 17.5. The summed E-state index contributed by atoms with van der Waals surface area (Å²) in [7, 11) is 1.93. The van der Waals surface area contributed by atoms with E-state index >= 15 is 0 Å². The summed E-state index contributed by atoms with van der Waals surface area (Å²) >= 11 is 0. The molecule has 1 unspecified atom stereocenters. The van der Waals surface area contributed by atoms with Crippen LogP contribution in [0.2, 0.25) is 0 Å². The standard InChI is InChI=1S/C21H28N6O/c1-12(2)27-11-23-19(25-27)16-14-7-8-15-20(3,4)18(28)13(10-22)9-21(15,5)17(14)24-26(16)6/h11-13,15H,7-9H2,1-6H3/t13?,15-,21-/m0/s1. The van der Waals surface area contributed by atoms with E-state index in [0.29, 0.717) is 12.2 Å². The fraction of sp³-hybridized carbons (Fsp3) is 0.667. The first-order valence-corrected chi connectivity index (χ1v) is 10.0. The molecule has 2 aromatic heterocycles. The van der Waals surface area contributed by atoms with Gasteiger partial charge in [-0.05, 0) is 39.0 Å². The number of carbonyl (C=O) groups is 1. The minimum absolute atomic E-state index is 0.0782. The molecule has 0 spiro atoms. The second-order valence-corrected chi connectivity index (χ2v) is 9.42. The number of nitriles is 1. The summed E-state index contributed by atoms with van der Waals surface area (Å²) in [5, 5.41) is 19.2. The van der Waals surface area contributed by atoms with Crippen molar-refractivity contribution < 1.29 is 4.79 Å². The molecule has 2 aromatic rings. The average molecular weight is 380 g/mol. The third kappa shape index (κ3) is 2.40. The molecule has 7 heteroatoms. The Kier molecular flexibility index (Phi) is 4.04. The summed E-state index contributed by atoms with van der Waals surface area (Å²) in [4.78, 5) is 17.4. The van der Waals surface area contributed by atoms with Crippen molar-refractivity contribution in [3.05, 3.63) is 17.6 Å². The number of ketones is 1. The minimum atomic E-state index is -0.578. The highest BCUT2D eigenvalue weighted by Gasteiger charge is 2.58. The molecule has 2 aliphatic rings. The average Bonchev–Trinajstić information content (AvgIpc) is 3.23. The Morgan fingerprint density at radius 2 is 2.00 bits per heavy atom. The number of aromatic nitrogens is 5. The van der Waals surface area contributed by atoms with E-state index < -0.39 is 11.3 Å². The number of aryl methyl sites for hydroxylation is 1. The topological polar surface area (TPSA) is 89.4 Å². The quantitative estimate of drug-likeness (QED) is 0.798. The van der Waals surface area contributed by atoms with Crippen LogP contribution in [0.3, 0.4) is 0 Å².